The van der Waals surface area contributed by atoms with Crippen molar-refractivity contribution in [3.05, 3.63) is 112 Å². The highest BCUT2D eigenvalue weighted by molar-refractivity contribution is 7.85. The number of ketones is 2. The number of pyridine rings is 1. The lowest BCUT2D eigenvalue weighted by Crippen LogP contribution is -2.39. The molecule has 11 heteroatoms. The average Bonchev–Trinajstić information content (AvgIpc) is 3.19. The summed E-state index contributed by atoms with van der Waals surface area (Å²) in [5.41, 5.74) is 3.65. The van der Waals surface area contributed by atoms with Gasteiger partial charge in [-0.2, -0.15) is 13.0 Å². The molecular formula is C36H36N3O7S+. The van der Waals surface area contributed by atoms with Gasteiger partial charge in [0.15, 0.2) is 0 Å². The summed E-state index contributed by atoms with van der Waals surface area (Å²) in [6, 6.07) is 16.7. The van der Waals surface area contributed by atoms with E-state index in [0.29, 0.717) is 11.4 Å². The quantitative estimate of drug-likeness (QED) is 0.138. The Morgan fingerprint density at radius 1 is 1.00 bits per heavy atom. The molecule has 3 N–H and O–H groups in total. The third-order valence-corrected chi connectivity index (χ3v) is 8.51. The van der Waals surface area contributed by atoms with Crippen LogP contribution in [0.5, 0.6) is 0 Å². The zero-order valence-corrected chi connectivity index (χ0v) is 27.3. The first-order valence-corrected chi connectivity index (χ1v) is 16.6. The molecule has 0 unspecified atom stereocenters. The summed E-state index contributed by atoms with van der Waals surface area (Å²) in [7, 11) is -2.37. The molecule has 1 aliphatic heterocycles. The monoisotopic (exact) mass is 654 g/mol. The molecule has 5 rings (SSSR count). The maximum atomic E-state index is 13.2. The Hall–Kier alpha value is -5.13. The largest absolute Gasteiger partial charge is 0.506 e. The number of aliphatic hydroxyl groups is 1. The summed E-state index contributed by atoms with van der Waals surface area (Å²) in [6.45, 7) is 5.92. The Kier molecular flexibility index (Phi) is 9.15. The van der Waals surface area contributed by atoms with E-state index in [4.69, 9.17) is 0 Å². The second-order valence-electron chi connectivity index (χ2n) is 12.4. The zero-order valence-electron chi connectivity index (χ0n) is 26.5. The molecule has 2 heterocycles. The molecule has 0 radical (unpaired) electrons. The van der Waals surface area contributed by atoms with Gasteiger partial charge in [-0.3, -0.25) is 18.9 Å². The molecule has 1 aliphatic carbocycles. The topological polar surface area (TPSA) is 145 Å². The Morgan fingerprint density at radius 3 is 2.47 bits per heavy atom. The van der Waals surface area contributed by atoms with Crippen LogP contribution in [-0.2, 0) is 31.5 Å². The summed E-state index contributed by atoms with van der Waals surface area (Å²) in [6.07, 6.45) is 9.76. The zero-order chi connectivity index (χ0) is 34.1. The molecule has 0 fully saturated rings. The molecule has 0 atom stereocenters. The van der Waals surface area contributed by atoms with Crippen LogP contribution in [0, 0.1) is 0 Å². The number of nitrogens with one attached hydrogen (secondary N) is 1. The standard InChI is InChI=1S/C36H35N3O7S/c1-36(2,3)37-32(40)17-11-23-10-16-30-25(20-23)13-14-26(38(30)4)21-28-33(41)29(35(43)34(28)42)22-27-15-12-24-8-5-6-9-31(24)39(27)18-7-19-47(44,45)46/h5-6,8-17,20-22H,7,18-19H2,1-4H3,(H2-,37,40,41,42,43,44,45,46)/p+1/b17-11+. The van der Waals surface area contributed by atoms with Gasteiger partial charge in [0.2, 0.25) is 28.7 Å². The predicted molar refractivity (Wildman–Crippen MR) is 182 cm³/mol. The number of allylic oxidation sites excluding steroid dienone is 4. The number of aryl methyl sites for hydroxylation is 1. The summed E-state index contributed by atoms with van der Waals surface area (Å²) in [5, 5.41) is 14.9. The third kappa shape index (κ3) is 7.65. The number of Topliss-reactive ketones (excluding diaryl/α,β-unsaturated/α-hetero) is 2. The first-order chi connectivity index (χ1) is 22.1. The van der Waals surface area contributed by atoms with Crippen LogP contribution in [0.1, 0.15) is 44.0 Å². The van der Waals surface area contributed by atoms with Gasteiger partial charge in [-0.15, -0.1) is 0 Å². The Labute approximate surface area is 273 Å². The molecule has 0 saturated heterocycles. The second kappa shape index (κ2) is 12.9. The molecule has 1 amide bonds. The molecule has 0 saturated carbocycles. The number of aromatic nitrogens is 1. The van der Waals surface area contributed by atoms with Crippen molar-refractivity contribution in [3.8, 4) is 0 Å². The first-order valence-electron chi connectivity index (χ1n) is 15.0. The number of benzene rings is 2. The van der Waals surface area contributed by atoms with Crippen LogP contribution in [0.15, 0.2) is 95.4 Å². The van der Waals surface area contributed by atoms with E-state index in [-0.39, 0.29) is 35.6 Å². The number of nitrogens with zero attached hydrogens (tertiary/aromatic N) is 2. The average molecular weight is 655 g/mol. The minimum absolute atomic E-state index is 0.101. The maximum Gasteiger partial charge on any atom is 0.264 e. The lowest BCUT2D eigenvalue weighted by atomic mass is 10.0. The van der Waals surface area contributed by atoms with Gasteiger partial charge >= 0.3 is 0 Å². The van der Waals surface area contributed by atoms with Gasteiger partial charge in [-0.05, 0) is 80.8 Å². The summed E-state index contributed by atoms with van der Waals surface area (Å²) >= 11 is 0. The normalized spacial score (nSPS) is 17.1. The van der Waals surface area contributed by atoms with E-state index in [9.17, 15) is 32.5 Å². The fraction of sp³-hybridized carbons (Fsp3) is 0.222. The van der Waals surface area contributed by atoms with E-state index in [0.717, 1.165) is 27.7 Å². The summed E-state index contributed by atoms with van der Waals surface area (Å²) < 4.78 is 33.8. The number of aliphatic hydroxyl groups excluding tert-OH is 1. The van der Waals surface area contributed by atoms with Crippen molar-refractivity contribution in [2.75, 3.05) is 17.2 Å². The number of hydrogen-bond donors (Lipinski definition) is 3. The van der Waals surface area contributed by atoms with Crippen LogP contribution in [0.2, 0.25) is 0 Å². The summed E-state index contributed by atoms with van der Waals surface area (Å²) in [4.78, 5) is 40.3. The number of hydrogen-bond acceptors (Lipinski definition) is 7. The van der Waals surface area contributed by atoms with Crippen LogP contribution in [-0.4, -0.2) is 53.4 Å². The van der Waals surface area contributed by atoms with Crippen LogP contribution in [0.3, 0.4) is 0 Å². The van der Waals surface area contributed by atoms with Crippen molar-refractivity contribution in [2.24, 2.45) is 7.05 Å². The molecule has 10 nitrogen and oxygen atoms in total. The Balaban J connectivity index is 1.46. The molecule has 3 aromatic rings. The maximum absolute atomic E-state index is 13.2. The van der Waals surface area contributed by atoms with E-state index in [1.165, 1.54) is 18.2 Å². The number of rotatable bonds is 8. The van der Waals surface area contributed by atoms with E-state index >= 15 is 0 Å². The second-order valence-corrected chi connectivity index (χ2v) is 14.0. The number of anilines is 1. The van der Waals surface area contributed by atoms with Crippen LogP contribution in [0.4, 0.5) is 5.69 Å². The molecule has 0 bridgehead atoms. The molecular weight excluding hydrogens is 618 g/mol. The third-order valence-electron chi connectivity index (χ3n) is 7.71. The van der Waals surface area contributed by atoms with Crippen LogP contribution >= 0.6 is 0 Å². The van der Waals surface area contributed by atoms with Crippen LogP contribution < -0.4 is 14.8 Å². The van der Waals surface area contributed by atoms with Crippen molar-refractivity contribution in [3.63, 3.8) is 0 Å². The molecule has 1 aromatic heterocycles. The number of fused-ring (bicyclic) bond motifs is 2. The van der Waals surface area contributed by atoms with Gasteiger partial charge in [0.05, 0.1) is 16.9 Å². The minimum Gasteiger partial charge on any atom is -0.506 e. The fourth-order valence-electron chi connectivity index (χ4n) is 5.50. The number of para-hydroxylation sites is 1. The van der Waals surface area contributed by atoms with E-state index in [1.54, 1.807) is 30.2 Å². The highest BCUT2D eigenvalue weighted by atomic mass is 32.2. The highest BCUT2D eigenvalue weighted by Crippen LogP contribution is 2.34. The smallest absolute Gasteiger partial charge is 0.264 e. The minimum atomic E-state index is -4.17. The van der Waals surface area contributed by atoms with Gasteiger partial charge in [0, 0.05) is 53.1 Å². The van der Waals surface area contributed by atoms with Gasteiger partial charge in [0.1, 0.15) is 12.8 Å². The molecule has 0 spiro atoms. The number of carbonyl (C=O) groups excluding carboxylic acids is 3. The first kappa shape index (κ1) is 33.2. The number of amides is 1. The highest BCUT2D eigenvalue weighted by Gasteiger charge is 2.37. The van der Waals surface area contributed by atoms with E-state index in [1.807, 2.05) is 79.9 Å². The molecule has 47 heavy (non-hydrogen) atoms. The van der Waals surface area contributed by atoms with Gasteiger partial charge in [-0.25, -0.2) is 0 Å². The van der Waals surface area contributed by atoms with E-state index < -0.39 is 33.2 Å². The Morgan fingerprint density at radius 2 is 1.74 bits per heavy atom. The lowest BCUT2D eigenvalue weighted by molar-refractivity contribution is -0.646. The summed E-state index contributed by atoms with van der Waals surface area (Å²) in [5.74, 6) is -2.80. The molecule has 2 aliphatic rings. The molecule has 2 aromatic carbocycles. The van der Waals surface area contributed by atoms with Gasteiger partial charge in [-0.1, -0.05) is 24.3 Å². The van der Waals surface area contributed by atoms with Crippen LogP contribution in [0.25, 0.3) is 29.1 Å². The van der Waals surface area contributed by atoms with Crippen molar-refractivity contribution in [2.45, 2.75) is 32.7 Å². The van der Waals surface area contributed by atoms with Gasteiger partial charge in [0.25, 0.3) is 10.1 Å². The SMILES string of the molecule is C[n+]1c(C=C2C(=O)C(=O)C(C=C3C=Cc4ccccc4N3CCCS(=O)(=O)O)=C2O)ccc2cc(/C=C/C(=O)NC(C)(C)C)ccc21. The van der Waals surface area contributed by atoms with E-state index in [2.05, 4.69) is 5.32 Å². The Bertz CT molecular complexity index is 2080. The number of carbonyl (C=O) groups is 3. The van der Waals surface area contributed by atoms with Crippen molar-refractivity contribution in [1.82, 2.24) is 5.32 Å². The molecule has 242 valence electrons. The van der Waals surface area contributed by atoms with Gasteiger partial charge < -0.3 is 15.3 Å². The van der Waals surface area contributed by atoms with Crippen molar-refractivity contribution in [1.29, 1.82) is 0 Å². The fourth-order valence-corrected chi connectivity index (χ4v) is 5.99. The predicted octanol–water partition coefficient (Wildman–Crippen LogP) is 4.63. The van der Waals surface area contributed by atoms with Crippen molar-refractivity contribution < 1.29 is 37.0 Å². The van der Waals surface area contributed by atoms with Crippen molar-refractivity contribution >= 4 is 62.4 Å². The lowest BCUT2D eigenvalue weighted by Gasteiger charge is -2.30.